The van der Waals surface area contributed by atoms with Crippen molar-refractivity contribution in [2.75, 3.05) is 20.1 Å². The summed E-state index contributed by atoms with van der Waals surface area (Å²) >= 11 is 3.37. The third-order valence-corrected chi connectivity index (χ3v) is 3.50. The monoisotopic (exact) mass is 366 g/mol. The highest BCUT2D eigenvalue weighted by atomic mass is 79.9. The molecule has 1 aromatic carbocycles. The van der Waals surface area contributed by atoms with Crippen LogP contribution >= 0.6 is 15.9 Å². The summed E-state index contributed by atoms with van der Waals surface area (Å²) in [6.07, 6.45) is 0.877. The number of halogens is 1. The molecule has 5 nitrogen and oxygen atoms in total. The topological polar surface area (TPSA) is 63.5 Å². The van der Waals surface area contributed by atoms with Crippen molar-refractivity contribution in [3.8, 4) is 5.75 Å². The minimum atomic E-state index is -0.203. The Morgan fingerprint density at radius 3 is 2.68 bits per heavy atom. The van der Waals surface area contributed by atoms with Crippen molar-refractivity contribution in [2.45, 2.75) is 13.0 Å². The molecule has 2 N–H and O–H groups in total. The second-order valence-corrected chi connectivity index (χ2v) is 5.64. The van der Waals surface area contributed by atoms with E-state index in [2.05, 4.69) is 26.6 Å². The predicted octanol–water partition coefficient (Wildman–Crippen LogP) is 2.96. The van der Waals surface area contributed by atoms with Crippen LogP contribution in [0, 0.1) is 0 Å². The maximum absolute atomic E-state index is 11.9. The average Bonchev–Trinajstić information content (AvgIpc) is 3.00. The van der Waals surface area contributed by atoms with Crippen LogP contribution in [0.25, 0.3) is 0 Å². The van der Waals surface area contributed by atoms with E-state index in [1.54, 1.807) is 12.1 Å². The van der Waals surface area contributed by atoms with Gasteiger partial charge in [0.15, 0.2) is 5.76 Å². The summed E-state index contributed by atoms with van der Waals surface area (Å²) in [5.41, 5.74) is 0. The van der Waals surface area contributed by atoms with E-state index in [0.717, 1.165) is 23.2 Å². The number of amides is 1. The first-order chi connectivity index (χ1) is 10.7. The Labute approximate surface area is 138 Å². The first-order valence-electron chi connectivity index (χ1n) is 7.09. The quantitative estimate of drug-likeness (QED) is 0.705. The Balaban J connectivity index is 1.80. The second-order valence-electron chi connectivity index (χ2n) is 4.72. The van der Waals surface area contributed by atoms with Gasteiger partial charge >= 0.3 is 0 Å². The summed E-state index contributed by atoms with van der Waals surface area (Å²) in [7, 11) is 1.88. The van der Waals surface area contributed by atoms with Crippen LogP contribution in [0.1, 0.15) is 22.7 Å². The molecule has 0 atom stereocenters. The second kappa shape index (κ2) is 8.60. The van der Waals surface area contributed by atoms with Crippen molar-refractivity contribution in [1.82, 2.24) is 10.6 Å². The van der Waals surface area contributed by atoms with E-state index in [0.29, 0.717) is 18.1 Å². The van der Waals surface area contributed by atoms with Gasteiger partial charge < -0.3 is 19.8 Å². The van der Waals surface area contributed by atoms with Crippen molar-refractivity contribution in [2.24, 2.45) is 0 Å². The largest absolute Gasteiger partial charge is 0.486 e. The number of furan rings is 1. The lowest BCUT2D eigenvalue weighted by Crippen LogP contribution is -2.26. The first kappa shape index (κ1) is 16.6. The first-order valence-corrected chi connectivity index (χ1v) is 7.88. The van der Waals surface area contributed by atoms with Crippen LogP contribution in [-0.4, -0.2) is 26.0 Å². The highest BCUT2D eigenvalue weighted by molar-refractivity contribution is 9.10. The van der Waals surface area contributed by atoms with Crippen LogP contribution in [0.4, 0.5) is 0 Å². The molecule has 0 spiro atoms. The van der Waals surface area contributed by atoms with Gasteiger partial charge in [-0.25, -0.2) is 0 Å². The van der Waals surface area contributed by atoms with E-state index in [-0.39, 0.29) is 12.5 Å². The number of nitrogens with one attached hydrogen (secondary N) is 2. The molecule has 2 rings (SSSR count). The molecule has 0 unspecified atom stereocenters. The molecule has 2 aromatic rings. The molecule has 0 aliphatic heterocycles. The van der Waals surface area contributed by atoms with Crippen LogP contribution in [-0.2, 0) is 6.61 Å². The third-order valence-electron chi connectivity index (χ3n) is 2.97. The molecule has 6 heteroatoms. The maximum atomic E-state index is 11.9. The average molecular weight is 367 g/mol. The Kier molecular flexibility index (Phi) is 6.48. The van der Waals surface area contributed by atoms with Gasteiger partial charge in [0.1, 0.15) is 18.1 Å². The zero-order valence-electron chi connectivity index (χ0n) is 12.4. The molecule has 0 saturated carbocycles. The summed E-state index contributed by atoms with van der Waals surface area (Å²) in [5, 5.41) is 5.84. The van der Waals surface area contributed by atoms with Crippen LogP contribution in [0.3, 0.4) is 0 Å². The molecule has 22 heavy (non-hydrogen) atoms. The maximum Gasteiger partial charge on any atom is 0.286 e. The van der Waals surface area contributed by atoms with E-state index in [1.807, 2.05) is 31.3 Å². The Hall–Kier alpha value is -1.79. The molecule has 1 amide bonds. The number of carbonyl (C=O) groups is 1. The normalized spacial score (nSPS) is 10.5. The fraction of sp³-hybridized carbons (Fsp3) is 0.312. The van der Waals surface area contributed by atoms with Gasteiger partial charge in [-0.15, -0.1) is 0 Å². The molecular weight excluding hydrogens is 348 g/mol. The fourth-order valence-electron chi connectivity index (χ4n) is 1.82. The molecule has 0 bridgehead atoms. The van der Waals surface area contributed by atoms with E-state index in [4.69, 9.17) is 9.15 Å². The molecule has 0 aliphatic rings. The summed E-state index contributed by atoms with van der Waals surface area (Å²) in [6, 6.07) is 10.9. The lowest BCUT2D eigenvalue weighted by atomic mass is 10.3. The SMILES string of the molecule is CNCCCNC(=O)c1ccc(COc2ccc(Br)cc2)o1. The lowest BCUT2D eigenvalue weighted by Gasteiger charge is -2.04. The summed E-state index contributed by atoms with van der Waals surface area (Å²) in [6.45, 7) is 1.77. The molecule has 1 heterocycles. The molecule has 0 saturated heterocycles. The van der Waals surface area contributed by atoms with Crippen molar-refractivity contribution in [3.05, 3.63) is 52.4 Å². The number of rotatable bonds is 8. The molecule has 0 fully saturated rings. The van der Waals surface area contributed by atoms with Crippen LogP contribution < -0.4 is 15.4 Å². The number of ether oxygens (including phenoxy) is 1. The van der Waals surface area contributed by atoms with Gasteiger partial charge in [0, 0.05) is 11.0 Å². The smallest absolute Gasteiger partial charge is 0.286 e. The number of carbonyl (C=O) groups excluding carboxylic acids is 1. The minimum Gasteiger partial charge on any atom is -0.486 e. The van der Waals surface area contributed by atoms with E-state index in [9.17, 15) is 4.79 Å². The van der Waals surface area contributed by atoms with Gasteiger partial charge in [-0.05, 0) is 56.4 Å². The lowest BCUT2D eigenvalue weighted by molar-refractivity contribution is 0.0921. The van der Waals surface area contributed by atoms with Crippen LogP contribution in [0.5, 0.6) is 5.75 Å². The summed E-state index contributed by atoms with van der Waals surface area (Å²) in [4.78, 5) is 11.9. The Morgan fingerprint density at radius 2 is 1.95 bits per heavy atom. The Morgan fingerprint density at radius 1 is 1.18 bits per heavy atom. The zero-order chi connectivity index (χ0) is 15.8. The van der Waals surface area contributed by atoms with E-state index < -0.39 is 0 Å². The highest BCUT2D eigenvalue weighted by Gasteiger charge is 2.10. The number of hydrogen-bond donors (Lipinski definition) is 2. The summed E-state index contributed by atoms with van der Waals surface area (Å²) in [5.74, 6) is 1.46. The van der Waals surface area contributed by atoms with Gasteiger partial charge in [0.25, 0.3) is 5.91 Å². The fourth-order valence-corrected chi connectivity index (χ4v) is 2.08. The van der Waals surface area contributed by atoms with Crippen LogP contribution in [0.15, 0.2) is 45.3 Å². The van der Waals surface area contributed by atoms with Gasteiger partial charge in [0.2, 0.25) is 0 Å². The van der Waals surface area contributed by atoms with Crippen molar-refractivity contribution in [3.63, 3.8) is 0 Å². The van der Waals surface area contributed by atoms with Crippen LogP contribution in [0.2, 0.25) is 0 Å². The number of benzene rings is 1. The molecule has 0 aliphatic carbocycles. The van der Waals surface area contributed by atoms with Gasteiger partial charge in [-0.3, -0.25) is 4.79 Å². The van der Waals surface area contributed by atoms with Crippen molar-refractivity contribution >= 4 is 21.8 Å². The van der Waals surface area contributed by atoms with Gasteiger partial charge in [-0.2, -0.15) is 0 Å². The Bertz CT molecular complexity index is 596. The third kappa shape index (κ3) is 5.20. The molecule has 0 radical (unpaired) electrons. The molecule has 1 aromatic heterocycles. The summed E-state index contributed by atoms with van der Waals surface area (Å²) < 4.78 is 12.1. The van der Waals surface area contributed by atoms with E-state index >= 15 is 0 Å². The minimum absolute atomic E-state index is 0.203. The zero-order valence-corrected chi connectivity index (χ0v) is 14.0. The number of hydrogen-bond acceptors (Lipinski definition) is 4. The standard InChI is InChI=1S/C16H19BrN2O3/c1-18-9-2-10-19-16(20)15-8-7-14(22-15)11-21-13-5-3-12(17)4-6-13/h3-8,18H,2,9-11H2,1H3,(H,19,20). The predicted molar refractivity (Wildman–Crippen MR) is 88.1 cm³/mol. The van der Waals surface area contributed by atoms with Crippen molar-refractivity contribution < 1.29 is 13.9 Å². The van der Waals surface area contributed by atoms with Gasteiger partial charge in [-0.1, -0.05) is 15.9 Å². The van der Waals surface area contributed by atoms with E-state index in [1.165, 1.54) is 0 Å². The molecule has 118 valence electrons. The highest BCUT2D eigenvalue weighted by Crippen LogP contribution is 2.18. The molecular formula is C16H19BrN2O3. The van der Waals surface area contributed by atoms with Crippen molar-refractivity contribution in [1.29, 1.82) is 0 Å². The van der Waals surface area contributed by atoms with Gasteiger partial charge in [0.05, 0.1) is 0 Å².